The number of carbonyl (C=O) groups excluding carboxylic acids is 2. The number of benzene rings is 3. The quantitative estimate of drug-likeness (QED) is 0.332. The van der Waals surface area contributed by atoms with Crippen LogP contribution in [0, 0.1) is 0 Å². The Kier molecular flexibility index (Phi) is 4.14. The Balaban J connectivity index is 1.63. The van der Waals surface area contributed by atoms with Crippen molar-refractivity contribution in [1.82, 2.24) is 19.8 Å². The van der Waals surface area contributed by atoms with Crippen molar-refractivity contribution >= 4 is 55.4 Å². The number of nitrogens with zero attached hydrogens (tertiary/aromatic N) is 2. The summed E-state index contributed by atoms with van der Waals surface area (Å²) in [6, 6.07) is 15.2. The number of amides is 2. The number of likely N-dealkylation sites (N-methyl/N-ethyl adjacent to an activating group) is 1. The molecule has 1 fully saturated rings. The van der Waals surface area contributed by atoms with Crippen LogP contribution in [0.1, 0.15) is 33.0 Å². The number of aromatic nitrogens is 2. The minimum atomic E-state index is -0.894. The van der Waals surface area contributed by atoms with Gasteiger partial charge in [-0.3, -0.25) is 14.9 Å². The molecule has 0 saturated carbocycles. The monoisotopic (exact) mass is 496 g/mol. The average molecular weight is 497 g/mol. The van der Waals surface area contributed by atoms with E-state index in [-0.39, 0.29) is 5.91 Å². The minimum Gasteiger partial charge on any atom is -0.388 e. The number of para-hydroxylation sites is 2. The summed E-state index contributed by atoms with van der Waals surface area (Å²) in [5.41, 5.74) is 4.21. The standard InChI is InChI=1S/C28H24N4O5/c1-29-11-16-25(36-2)24(33)23-28(37-16)32-15-10-6-4-8-13(15)18-20-19(26(34)30-27(20)35)17-12-7-3-5-9-14(12)31(23)21(17)22(18)32/h3-10,16,23-25,28-29,33H,11H2,1-2H3,(H,30,34,35)/t16-,23+,24-,25-,28-/m1/s1. The lowest BCUT2D eigenvalue weighted by atomic mass is 9.92. The number of aliphatic hydroxyl groups excluding tert-OH is 1. The molecule has 2 aromatic heterocycles. The summed E-state index contributed by atoms with van der Waals surface area (Å²) >= 11 is 0. The van der Waals surface area contributed by atoms with Gasteiger partial charge in [-0.1, -0.05) is 36.4 Å². The van der Waals surface area contributed by atoms with Gasteiger partial charge in [0, 0.05) is 40.7 Å². The number of aliphatic hydroxyl groups is 1. The molecule has 0 spiro atoms. The summed E-state index contributed by atoms with van der Waals surface area (Å²) in [4.78, 5) is 26.5. The predicted octanol–water partition coefficient (Wildman–Crippen LogP) is 2.83. The molecule has 0 aliphatic carbocycles. The molecule has 5 heterocycles. The first kappa shape index (κ1) is 21.3. The molecule has 5 aromatic rings. The second-order valence-electron chi connectivity index (χ2n) is 10.1. The largest absolute Gasteiger partial charge is 0.388 e. The molecule has 0 unspecified atom stereocenters. The molecular weight excluding hydrogens is 472 g/mol. The molecule has 186 valence electrons. The summed E-state index contributed by atoms with van der Waals surface area (Å²) in [5, 5.41) is 20.8. The van der Waals surface area contributed by atoms with E-state index in [1.54, 1.807) is 7.11 Å². The molecule has 3 N–H and O–H groups in total. The Labute approximate surface area is 210 Å². The molecule has 3 aliphatic heterocycles. The van der Waals surface area contributed by atoms with Crippen LogP contribution in [0.15, 0.2) is 48.5 Å². The lowest BCUT2D eigenvalue weighted by Crippen LogP contribution is -2.56. The van der Waals surface area contributed by atoms with E-state index in [1.165, 1.54) is 0 Å². The highest BCUT2D eigenvalue weighted by Gasteiger charge is 2.51. The molecule has 9 heteroatoms. The van der Waals surface area contributed by atoms with Gasteiger partial charge in [0.25, 0.3) is 11.8 Å². The molecule has 8 rings (SSSR count). The zero-order valence-electron chi connectivity index (χ0n) is 20.2. The van der Waals surface area contributed by atoms with Crippen molar-refractivity contribution < 1.29 is 24.2 Å². The highest BCUT2D eigenvalue weighted by Crippen LogP contribution is 2.53. The molecule has 37 heavy (non-hydrogen) atoms. The first-order valence-electron chi connectivity index (χ1n) is 12.4. The van der Waals surface area contributed by atoms with E-state index in [1.807, 2.05) is 55.6 Å². The highest BCUT2D eigenvalue weighted by molar-refractivity contribution is 6.39. The lowest BCUT2D eigenvalue weighted by Gasteiger charge is -2.47. The molecule has 2 amide bonds. The van der Waals surface area contributed by atoms with Crippen molar-refractivity contribution in [3.63, 3.8) is 0 Å². The average Bonchev–Trinajstić information content (AvgIpc) is 3.52. The number of methoxy groups -OCH3 is 1. The fraction of sp³-hybridized carbons (Fsp3) is 0.286. The van der Waals surface area contributed by atoms with Crippen LogP contribution in [0.4, 0.5) is 0 Å². The summed E-state index contributed by atoms with van der Waals surface area (Å²) < 4.78 is 16.8. The molecule has 0 bridgehead atoms. The summed E-state index contributed by atoms with van der Waals surface area (Å²) in [6.07, 6.45) is -2.43. The Hall–Kier alpha value is -3.76. The van der Waals surface area contributed by atoms with Gasteiger partial charge in [-0.25, -0.2) is 0 Å². The van der Waals surface area contributed by atoms with E-state index in [4.69, 9.17) is 9.47 Å². The molecule has 3 aromatic carbocycles. The summed E-state index contributed by atoms with van der Waals surface area (Å²) in [5.74, 6) is -0.783. The summed E-state index contributed by atoms with van der Waals surface area (Å²) in [7, 11) is 3.43. The van der Waals surface area contributed by atoms with Crippen LogP contribution in [-0.2, 0) is 9.47 Å². The Morgan fingerprint density at radius 3 is 2.11 bits per heavy atom. The number of hydrogen-bond acceptors (Lipinski definition) is 6. The number of nitrogens with one attached hydrogen (secondary N) is 2. The SMILES string of the molecule is CNC[C@H]1O[C@@H]2[C@H]([C@@H](O)[C@@H]1OC)n1c3ccccc3c3c4c(c5c6ccccc6n2c5c31)C(=O)NC4=O. The van der Waals surface area contributed by atoms with E-state index in [9.17, 15) is 14.7 Å². The van der Waals surface area contributed by atoms with Crippen molar-refractivity contribution in [2.75, 3.05) is 20.7 Å². The van der Waals surface area contributed by atoms with Crippen molar-refractivity contribution in [1.29, 1.82) is 0 Å². The van der Waals surface area contributed by atoms with Crippen molar-refractivity contribution in [2.24, 2.45) is 0 Å². The summed E-state index contributed by atoms with van der Waals surface area (Å²) in [6.45, 7) is 0.497. The molecule has 5 atom stereocenters. The molecular formula is C28H24N4O5. The van der Waals surface area contributed by atoms with Gasteiger partial charge in [0.15, 0.2) is 6.23 Å². The van der Waals surface area contributed by atoms with Crippen LogP contribution in [0.2, 0.25) is 0 Å². The Morgan fingerprint density at radius 1 is 0.946 bits per heavy atom. The van der Waals surface area contributed by atoms with Crippen LogP contribution in [-0.4, -0.2) is 65.1 Å². The van der Waals surface area contributed by atoms with Crippen molar-refractivity contribution in [3.8, 4) is 0 Å². The smallest absolute Gasteiger partial charge is 0.259 e. The van der Waals surface area contributed by atoms with Gasteiger partial charge in [-0.2, -0.15) is 0 Å². The van der Waals surface area contributed by atoms with Crippen LogP contribution in [0.5, 0.6) is 0 Å². The third-order valence-corrected chi connectivity index (χ3v) is 8.37. The Morgan fingerprint density at radius 2 is 1.51 bits per heavy atom. The Bertz CT molecular complexity index is 1840. The highest BCUT2D eigenvalue weighted by atomic mass is 16.6. The normalized spacial score (nSPS) is 26.5. The fourth-order valence-corrected chi connectivity index (χ4v) is 7.07. The third-order valence-electron chi connectivity index (χ3n) is 8.37. The second kappa shape index (κ2) is 7.17. The fourth-order valence-electron chi connectivity index (χ4n) is 7.07. The predicted molar refractivity (Wildman–Crippen MR) is 138 cm³/mol. The topological polar surface area (TPSA) is 107 Å². The van der Waals surface area contributed by atoms with Gasteiger partial charge in [-0.05, 0) is 19.2 Å². The number of ether oxygens (including phenoxy) is 2. The minimum absolute atomic E-state index is 0.388. The first-order chi connectivity index (χ1) is 18.1. The zero-order valence-corrected chi connectivity index (χ0v) is 20.2. The van der Waals surface area contributed by atoms with Gasteiger partial charge in [0.2, 0.25) is 0 Å². The number of rotatable bonds is 3. The second-order valence-corrected chi connectivity index (χ2v) is 10.1. The van der Waals surface area contributed by atoms with Crippen LogP contribution in [0.25, 0.3) is 43.6 Å². The van der Waals surface area contributed by atoms with Crippen LogP contribution in [0.3, 0.4) is 0 Å². The molecule has 0 radical (unpaired) electrons. The molecule has 9 nitrogen and oxygen atoms in total. The van der Waals surface area contributed by atoms with Gasteiger partial charge in [0.05, 0.1) is 27.7 Å². The number of hydrogen-bond donors (Lipinski definition) is 3. The number of carbonyl (C=O) groups is 2. The van der Waals surface area contributed by atoms with E-state index >= 15 is 0 Å². The lowest BCUT2D eigenvalue weighted by molar-refractivity contribution is -0.221. The van der Waals surface area contributed by atoms with Crippen LogP contribution < -0.4 is 10.6 Å². The third kappa shape index (κ3) is 2.38. The van der Waals surface area contributed by atoms with Crippen molar-refractivity contribution in [3.05, 3.63) is 59.7 Å². The number of fused-ring (bicyclic) bond motifs is 12. The molecule has 1 saturated heterocycles. The van der Waals surface area contributed by atoms with Gasteiger partial charge < -0.3 is 29.0 Å². The zero-order chi connectivity index (χ0) is 25.2. The van der Waals surface area contributed by atoms with E-state index in [2.05, 4.69) is 19.8 Å². The maximum Gasteiger partial charge on any atom is 0.259 e. The maximum absolute atomic E-state index is 13.3. The van der Waals surface area contributed by atoms with E-state index < -0.39 is 36.5 Å². The van der Waals surface area contributed by atoms with Crippen molar-refractivity contribution in [2.45, 2.75) is 30.6 Å². The van der Waals surface area contributed by atoms with Gasteiger partial charge in [-0.15, -0.1) is 0 Å². The molecule has 3 aliphatic rings. The van der Waals surface area contributed by atoms with Gasteiger partial charge in [0.1, 0.15) is 24.4 Å². The van der Waals surface area contributed by atoms with Gasteiger partial charge >= 0.3 is 0 Å². The van der Waals surface area contributed by atoms with E-state index in [0.29, 0.717) is 17.7 Å². The maximum atomic E-state index is 13.3. The number of imide groups is 1. The van der Waals surface area contributed by atoms with Crippen LogP contribution >= 0.6 is 0 Å². The first-order valence-corrected chi connectivity index (χ1v) is 12.4. The van der Waals surface area contributed by atoms with E-state index in [0.717, 1.165) is 43.6 Å².